The fourth-order valence-electron chi connectivity index (χ4n) is 2.43. The van der Waals surface area contributed by atoms with Crippen LogP contribution in [0.3, 0.4) is 0 Å². The highest BCUT2D eigenvalue weighted by atomic mass is 15.3. The topological polar surface area (TPSA) is 75.9 Å². The van der Waals surface area contributed by atoms with Crippen LogP contribution in [0.2, 0.25) is 0 Å². The fraction of sp³-hybridized carbons (Fsp3) is 0.667. The Labute approximate surface area is 102 Å². The first-order valence-corrected chi connectivity index (χ1v) is 6.41. The summed E-state index contributed by atoms with van der Waals surface area (Å²) in [6.45, 7) is 0.958. The van der Waals surface area contributed by atoms with Crippen LogP contribution in [0.15, 0.2) is 12.4 Å². The zero-order valence-electron chi connectivity index (χ0n) is 10.2. The van der Waals surface area contributed by atoms with Crippen molar-refractivity contribution in [1.29, 1.82) is 0 Å². The molecule has 2 rings (SSSR count). The first-order valence-electron chi connectivity index (χ1n) is 6.41. The lowest BCUT2D eigenvalue weighted by atomic mass is 10.0. The van der Waals surface area contributed by atoms with Gasteiger partial charge in [0.25, 0.3) is 0 Å². The minimum atomic E-state index is 0.589. The van der Waals surface area contributed by atoms with E-state index >= 15 is 0 Å². The summed E-state index contributed by atoms with van der Waals surface area (Å²) in [5.41, 5.74) is 2.49. The lowest BCUT2D eigenvalue weighted by molar-refractivity contribution is 0.491. The zero-order chi connectivity index (χ0) is 11.9. The molecule has 1 heterocycles. The van der Waals surface area contributed by atoms with Crippen LogP contribution in [0.4, 0.5) is 11.6 Å². The molecule has 1 aliphatic carbocycles. The number of nitrogens with two attached hydrogens (primary N) is 1. The summed E-state index contributed by atoms with van der Waals surface area (Å²) in [5, 5.41) is 3.27. The van der Waals surface area contributed by atoms with Gasteiger partial charge in [0.05, 0.1) is 12.4 Å². The SMILES string of the molecule is NNc1cncc(NCCCC2CCCC2)n1. The molecule has 0 radical (unpaired) electrons. The molecule has 1 aromatic heterocycles. The van der Waals surface area contributed by atoms with Crippen LogP contribution in [0.25, 0.3) is 0 Å². The van der Waals surface area contributed by atoms with Gasteiger partial charge in [-0.2, -0.15) is 0 Å². The highest BCUT2D eigenvalue weighted by Crippen LogP contribution is 2.28. The average molecular weight is 235 g/mol. The van der Waals surface area contributed by atoms with Crippen molar-refractivity contribution in [3.63, 3.8) is 0 Å². The largest absolute Gasteiger partial charge is 0.369 e. The van der Waals surface area contributed by atoms with Crippen molar-refractivity contribution in [1.82, 2.24) is 9.97 Å². The Morgan fingerprint density at radius 3 is 2.76 bits per heavy atom. The molecule has 1 aliphatic rings. The van der Waals surface area contributed by atoms with Crippen molar-refractivity contribution < 1.29 is 0 Å². The Kier molecular flexibility index (Phi) is 4.55. The predicted octanol–water partition coefficient (Wildman–Crippen LogP) is 2.14. The molecule has 4 N–H and O–H groups in total. The van der Waals surface area contributed by atoms with Crippen LogP contribution in [-0.4, -0.2) is 16.5 Å². The molecule has 17 heavy (non-hydrogen) atoms. The van der Waals surface area contributed by atoms with E-state index in [2.05, 4.69) is 20.7 Å². The lowest BCUT2D eigenvalue weighted by Gasteiger charge is -2.09. The second-order valence-electron chi connectivity index (χ2n) is 4.65. The van der Waals surface area contributed by atoms with Gasteiger partial charge in [0, 0.05) is 6.54 Å². The molecule has 0 spiro atoms. The first kappa shape index (κ1) is 12.1. The van der Waals surface area contributed by atoms with Gasteiger partial charge in [-0.25, -0.2) is 10.8 Å². The molecule has 0 aromatic carbocycles. The summed E-state index contributed by atoms with van der Waals surface area (Å²) in [5.74, 6) is 7.61. The molecule has 0 aliphatic heterocycles. The van der Waals surface area contributed by atoms with Gasteiger partial charge >= 0.3 is 0 Å². The van der Waals surface area contributed by atoms with Gasteiger partial charge in [-0.1, -0.05) is 25.7 Å². The van der Waals surface area contributed by atoms with Gasteiger partial charge in [-0.3, -0.25) is 4.98 Å². The van der Waals surface area contributed by atoms with Gasteiger partial charge in [-0.05, 0) is 18.8 Å². The van der Waals surface area contributed by atoms with E-state index in [0.717, 1.165) is 18.3 Å². The van der Waals surface area contributed by atoms with E-state index in [-0.39, 0.29) is 0 Å². The van der Waals surface area contributed by atoms with E-state index < -0.39 is 0 Å². The second kappa shape index (κ2) is 6.39. The number of hydrogen-bond donors (Lipinski definition) is 3. The zero-order valence-corrected chi connectivity index (χ0v) is 10.2. The Balaban J connectivity index is 1.66. The van der Waals surface area contributed by atoms with Crippen molar-refractivity contribution in [2.75, 3.05) is 17.3 Å². The highest BCUT2D eigenvalue weighted by Gasteiger charge is 2.13. The third kappa shape index (κ3) is 3.85. The molecular formula is C12H21N5. The molecule has 1 fully saturated rings. The van der Waals surface area contributed by atoms with Crippen LogP contribution in [0.1, 0.15) is 38.5 Å². The number of rotatable bonds is 6. The molecule has 0 amide bonds. The smallest absolute Gasteiger partial charge is 0.160 e. The molecule has 1 aromatic rings. The summed E-state index contributed by atoms with van der Waals surface area (Å²) < 4.78 is 0. The van der Waals surface area contributed by atoms with Crippen LogP contribution >= 0.6 is 0 Å². The lowest BCUT2D eigenvalue weighted by Crippen LogP contribution is -2.11. The summed E-state index contributed by atoms with van der Waals surface area (Å²) in [6.07, 6.45) is 11.5. The molecule has 5 nitrogen and oxygen atoms in total. The maximum atomic E-state index is 5.28. The number of anilines is 2. The number of nitrogens with zero attached hydrogens (tertiary/aromatic N) is 2. The van der Waals surface area contributed by atoms with E-state index in [4.69, 9.17) is 5.84 Å². The maximum Gasteiger partial charge on any atom is 0.160 e. The first-order chi connectivity index (χ1) is 8.38. The van der Waals surface area contributed by atoms with Crippen molar-refractivity contribution in [3.8, 4) is 0 Å². The predicted molar refractivity (Wildman–Crippen MR) is 69.5 cm³/mol. The monoisotopic (exact) mass is 235 g/mol. The molecular weight excluding hydrogens is 214 g/mol. The van der Waals surface area contributed by atoms with Crippen molar-refractivity contribution in [2.45, 2.75) is 38.5 Å². The van der Waals surface area contributed by atoms with Crippen molar-refractivity contribution >= 4 is 11.6 Å². The molecule has 0 atom stereocenters. The average Bonchev–Trinajstić information content (AvgIpc) is 2.88. The Bertz CT molecular complexity index is 335. The third-order valence-corrected chi connectivity index (χ3v) is 3.35. The molecule has 5 heteroatoms. The van der Waals surface area contributed by atoms with Crippen LogP contribution < -0.4 is 16.6 Å². The molecule has 0 unspecified atom stereocenters. The summed E-state index contributed by atoms with van der Waals surface area (Å²) in [6, 6.07) is 0. The molecule has 94 valence electrons. The maximum absolute atomic E-state index is 5.28. The molecule has 0 bridgehead atoms. The molecule has 1 saturated carbocycles. The van der Waals surface area contributed by atoms with Crippen LogP contribution in [0.5, 0.6) is 0 Å². The standard InChI is InChI=1S/C12H21N5/c13-17-12-9-14-8-11(16-12)15-7-3-6-10-4-1-2-5-10/h8-10H,1-7,13H2,(H2,15,16,17). The minimum absolute atomic E-state index is 0.589. The van der Waals surface area contributed by atoms with Crippen molar-refractivity contribution in [3.05, 3.63) is 12.4 Å². The summed E-state index contributed by atoms with van der Waals surface area (Å²) >= 11 is 0. The highest BCUT2D eigenvalue weighted by molar-refractivity contribution is 5.40. The Hall–Kier alpha value is -1.36. The van der Waals surface area contributed by atoms with Gasteiger partial charge < -0.3 is 10.7 Å². The van der Waals surface area contributed by atoms with Gasteiger partial charge in [0.1, 0.15) is 5.82 Å². The quantitative estimate of drug-likeness (QED) is 0.400. The Morgan fingerprint density at radius 1 is 1.24 bits per heavy atom. The normalized spacial score (nSPS) is 16.1. The number of nitrogens with one attached hydrogen (secondary N) is 2. The summed E-state index contributed by atoms with van der Waals surface area (Å²) in [7, 11) is 0. The van der Waals surface area contributed by atoms with Gasteiger partial charge in [-0.15, -0.1) is 0 Å². The number of aromatic nitrogens is 2. The van der Waals surface area contributed by atoms with E-state index in [1.54, 1.807) is 12.4 Å². The number of hydrogen-bond acceptors (Lipinski definition) is 5. The summed E-state index contributed by atoms with van der Waals surface area (Å²) in [4.78, 5) is 8.29. The fourth-order valence-corrected chi connectivity index (χ4v) is 2.43. The van der Waals surface area contributed by atoms with E-state index in [1.165, 1.54) is 38.5 Å². The van der Waals surface area contributed by atoms with Gasteiger partial charge in [0.2, 0.25) is 0 Å². The second-order valence-corrected chi connectivity index (χ2v) is 4.65. The molecule has 0 saturated heterocycles. The third-order valence-electron chi connectivity index (χ3n) is 3.35. The Morgan fingerprint density at radius 2 is 2.00 bits per heavy atom. The van der Waals surface area contributed by atoms with E-state index in [9.17, 15) is 0 Å². The van der Waals surface area contributed by atoms with E-state index in [1.807, 2.05) is 0 Å². The van der Waals surface area contributed by atoms with Gasteiger partial charge in [0.15, 0.2) is 5.82 Å². The van der Waals surface area contributed by atoms with Crippen molar-refractivity contribution in [2.24, 2.45) is 11.8 Å². The number of nitrogen functional groups attached to an aromatic ring is 1. The van der Waals surface area contributed by atoms with Crippen LogP contribution in [-0.2, 0) is 0 Å². The number of hydrazine groups is 1. The van der Waals surface area contributed by atoms with Crippen LogP contribution in [0, 0.1) is 5.92 Å². The minimum Gasteiger partial charge on any atom is -0.369 e. The van der Waals surface area contributed by atoms with E-state index in [0.29, 0.717) is 5.82 Å².